The van der Waals surface area contributed by atoms with Crippen LogP contribution in [-0.2, 0) is 17.9 Å². The second-order valence-corrected chi connectivity index (χ2v) is 7.87. The number of aliphatic carboxylic acids is 1. The summed E-state index contributed by atoms with van der Waals surface area (Å²) >= 11 is 0. The average molecular weight is 392 g/mol. The summed E-state index contributed by atoms with van der Waals surface area (Å²) in [5.74, 6) is -0.853. The van der Waals surface area contributed by atoms with Gasteiger partial charge < -0.3 is 19.9 Å². The second-order valence-electron chi connectivity index (χ2n) is 7.87. The molecule has 1 atom stereocenters. The van der Waals surface area contributed by atoms with E-state index in [0.29, 0.717) is 19.5 Å². The highest BCUT2D eigenvalue weighted by molar-refractivity contribution is 5.79. The summed E-state index contributed by atoms with van der Waals surface area (Å²) in [5, 5.41) is 12.2. The Kier molecular flexibility index (Phi) is 4.96. The summed E-state index contributed by atoms with van der Waals surface area (Å²) in [4.78, 5) is 29.7. The molecule has 2 heterocycles. The van der Waals surface area contributed by atoms with Crippen LogP contribution in [0, 0.1) is 5.41 Å². The molecule has 1 aromatic heterocycles. The number of imidazole rings is 1. The SMILES string of the molecule is CC1(C(=O)O)CCN(C(=O)NCc2ccc(Cn3cnc4ccccc43)cc2)C1. The molecule has 3 aromatic rings. The van der Waals surface area contributed by atoms with Gasteiger partial charge in [0.05, 0.1) is 22.8 Å². The van der Waals surface area contributed by atoms with Crippen molar-refractivity contribution in [1.29, 1.82) is 0 Å². The minimum absolute atomic E-state index is 0.219. The van der Waals surface area contributed by atoms with Crippen LogP contribution in [0.15, 0.2) is 54.9 Å². The van der Waals surface area contributed by atoms with Gasteiger partial charge in [-0.2, -0.15) is 0 Å². The third-order valence-corrected chi connectivity index (χ3v) is 5.62. The fourth-order valence-corrected chi connectivity index (χ4v) is 3.69. The predicted molar refractivity (Wildman–Crippen MR) is 109 cm³/mol. The Balaban J connectivity index is 1.33. The lowest BCUT2D eigenvalue weighted by molar-refractivity contribution is -0.147. The lowest BCUT2D eigenvalue weighted by Gasteiger charge is -2.20. The van der Waals surface area contributed by atoms with E-state index in [9.17, 15) is 14.7 Å². The summed E-state index contributed by atoms with van der Waals surface area (Å²) in [6.45, 7) is 3.53. The van der Waals surface area contributed by atoms with E-state index in [4.69, 9.17) is 0 Å². The number of urea groups is 1. The number of carboxylic acid groups (broad SMARTS) is 1. The molecule has 1 fully saturated rings. The number of benzene rings is 2. The molecule has 4 rings (SSSR count). The fourth-order valence-electron chi connectivity index (χ4n) is 3.69. The molecule has 1 aliphatic heterocycles. The Morgan fingerprint density at radius 2 is 1.86 bits per heavy atom. The predicted octanol–water partition coefficient (Wildman–Crippen LogP) is 3.09. The molecule has 1 saturated heterocycles. The van der Waals surface area contributed by atoms with Crippen molar-refractivity contribution in [2.45, 2.75) is 26.4 Å². The number of aromatic nitrogens is 2. The number of hydrogen-bond acceptors (Lipinski definition) is 3. The largest absolute Gasteiger partial charge is 0.481 e. The minimum atomic E-state index is -0.853. The molecule has 2 aromatic carbocycles. The molecule has 0 radical (unpaired) electrons. The summed E-state index contributed by atoms with van der Waals surface area (Å²) in [6.07, 6.45) is 2.33. The summed E-state index contributed by atoms with van der Waals surface area (Å²) in [5.41, 5.74) is 3.38. The van der Waals surface area contributed by atoms with Gasteiger partial charge in [-0.15, -0.1) is 0 Å². The van der Waals surface area contributed by atoms with Gasteiger partial charge in [-0.05, 0) is 36.6 Å². The Bertz CT molecular complexity index is 1040. The van der Waals surface area contributed by atoms with Crippen LogP contribution in [0.1, 0.15) is 24.5 Å². The Labute approximate surface area is 169 Å². The molecule has 7 heteroatoms. The van der Waals surface area contributed by atoms with Gasteiger partial charge in [0.1, 0.15) is 0 Å². The van der Waals surface area contributed by atoms with Crippen LogP contribution in [0.4, 0.5) is 4.79 Å². The van der Waals surface area contributed by atoms with Crippen LogP contribution in [0.2, 0.25) is 0 Å². The van der Waals surface area contributed by atoms with Crippen LogP contribution >= 0.6 is 0 Å². The van der Waals surface area contributed by atoms with Crippen LogP contribution in [-0.4, -0.2) is 44.6 Å². The topological polar surface area (TPSA) is 87.5 Å². The third-order valence-electron chi connectivity index (χ3n) is 5.62. The molecular weight excluding hydrogens is 368 g/mol. The lowest BCUT2D eigenvalue weighted by atomic mass is 9.90. The van der Waals surface area contributed by atoms with Crippen LogP contribution in [0.3, 0.4) is 0 Å². The molecule has 0 saturated carbocycles. The smallest absolute Gasteiger partial charge is 0.317 e. The van der Waals surface area contributed by atoms with E-state index in [-0.39, 0.29) is 12.6 Å². The second kappa shape index (κ2) is 7.58. The van der Waals surface area contributed by atoms with Gasteiger partial charge in [0.2, 0.25) is 0 Å². The Morgan fingerprint density at radius 1 is 1.14 bits per heavy atom. The van der Waals surface area contributed by atoms with E-state index in [2.05, 4.69) is 20.9 Å². The van der Waals surface area contributed by atoms with Crippen molar-refractivity contribution in [3.63, 3.8) is 0 Å². The Hall–Kier alpha value is -3.35. The lowest BCUT2D eigenvalue weighted by Crippen LogP contribution is -2.40. The first kappa shape index (κ1) is 19.0. The van der Waals surface area contributed by atoms with Crippen LogP contribution in [0.25, 0.3) is 11.0 Å². The summed E-state index contributed by atoms with van der Waals surface area (Å²) in [6, 6.07) is 15.9. The first-order valence-electron chi connectivity index (χ1n) is 9.68. The zero-order chi connectivity index (χ0) is 20.4. The standard InChI is InChI=1S/C22H24N4O3/c1-22(20(27)28)10-11-25(14-22)21(29)23-12-16-6-8-17(9-7-16)13-26-15-24-18-4-2-3-5-19(18)26/h2-9,15H,10-14H2,1H3,(H,23,29)(H,27,28). The number of carbonyl (C=O) groups excluding carboxylic acids is 1. The molecular formula is C22H24N4O3. The molecule has 150 valence electrons. The van der Waals surface area contributed by atoms with Crippen LogP contribution in [0.5, 0.6) is 0 Å². The maximum Gasteiger partial charge on any atom is 0.317 e. The normalized spacial score (nSPS) is 18.9. The number of hydrogen-bond donors (Lipinski definition) is 2. The van der Waals surface area contributed by atoms with Gasteiger partial charge >= 0.3 is 12.0 Å². The number of para-hydroxylation sites is 2. The maximum absolute atomic E-state index is 12.3. The molecule has 7 nitrogen and oxygen atoms in total. The highest BCUT2D eigenvalue weighted by Gasteiger charge is 2.42. The van der Waals surface area contributed by atoms with Crippen molar-refractivity contribution < 1.29 is 14.7 Å². The fraction of sp³-hybridized carbons (Fsp3) is 0.318. The van der Waals surface area contributed by atoms with Crippen molar-refractivity contribution >= 4 is 23.0 Å². The number of nitrogens with one attached hydrogen (secondary N) is 1. The number of rotatable bonds is 5. The zero-order valence-corrected chi connectivity index (χ0v) is 16.3. The maximum atomic E-state index is 12.3. The summed E-state index contributed by atoms with van der Waals surface area (Å²) in [7, 11) is 0. The first-order valence-corrected chi connectivity index (χ1v) is 9.68. The molecule has 29 heavy (non-hydrogen) atoms. The molecule has 1 unspecified atom stereocenters. The van der Waals surface area contributed by atoms with Crippen molar-refractivity contribution in [3.8, 4) is 0 Å². The number of carbonyl (C=O) groups is 2. The van der Waals surface area contributed by atoms with Gasteiger partial charge in [0, 0.05) is 26.2 Å². The average Bonchev–Trinajstić information content (AvgIpc) is 3.32. The van der Waals surface area contributed by atoms with E-state index >= 15 is 0 Å². The van der Waals surface area contributed by atoms with Crippen molar-refractivity contribution in [2.75, 3.05) is 13.1 Å². The number of amides is 2. The van der Waals surface area contributed by atoms with Gasteiger partial charge in [-0.25, -0.2) is 9.78 Å². The highest BCUT2D eigenvalue weighted by Crippen LogP contribution is 2.30. The van der Waals surface area contributed by atoms with Gasteiger partial charge in [0.15, 0.2) is 0 Å². The van der Waals surface area contributed by atoms with Gasteiger partial charge in [-0.1, -0.05) is 36.4 Å². The molecule has 0 bridgehead atoms. The Morgan fingerprint density at radius 3 is 2.59 bits per heavy atom. The quantitative estimate of drug-likeness (QED) is 0.698. The molecule has 0 aliphatic carbocycles. The van der Waals surface area contributed by atoms with Crippen molar-refractivity contribution in [2.24, 2.45) is 5.41 Å². The van der Waals surface area contributed by atoms with E-state index in [1.165, 1.54) is 0 Å². The molecule has 0 spiro atoms. The van der Waals surface area contributed by atoms with E-state index < -0.39 is 11.4 Å². The highest BCUT2D eigenvalue weighted by atomic mass is 16.4. The number of carboxylic acids is 1. The third kappa shape index (κ3) is 3.94. The summed E-state index contributed by atoms with van der Waals surface area (Å²) < 4.78 is 2.11. The van der Waals surface area contributed by atoms with Crippen molar-refractivity contribution in [3.05, 3.63) is 66.0 Å². The van der Waals surface area contributed by atoms with Crippen LogP contribution < -0.4 is 5.32 Å². The monoisotopic (exact) mass is 392 g/mol. The zero-order valence-electron chi connectivity index (χ0n) is 16.3. The van der Waals surface area contributed by atoms with Gasteiger partial charge in [0.25, 0.3) is 0 Å². The first-order chi connectivity index (χ1) is 13.9. The minimum Gasteiger partial charge on any atom is -0.481 e. The van der Waals surface area contributed by atoms with Crippen molar-refractivity contribution in [1.82, 2.24) is 19.8 Å². The van der Waals surface area contributed by atoms with E-state index in [1.807, 2.05) is 48.8 Å². The number of fused-ring (bicyclic) bond motifs is 1. The van der Waals surface area contributed by atoms with E-state index in [0.717, 1.165) is 28.7 Å². The molecule has 1 aliphatic rings. The molecule has 2 N–H and O–H groups in total. The van der Waals surface area contributed by atoms with E-state index in [1.54, 1.807) is 11.8 Å². The number of likely N-dealkylation sites (tertiary alicyclic amines) is 1. The number of nitrogens with zero attached hydrogens (tertiary/aromatic N) is 3. The van der Waals surface area contributed by atoms with Gasteiger partial charge in [-0.3, -0.25) is 4.79 Å². The molecule has 2 amide bonds.